The summed E-state index contributed by atoms with van der Waals surface area (Å²) in [4.78, 5) is 24.9. The van der Waals surface area contributed by atoms with E-state index < -0.39 is 0 Å². The molecular weight excluding hydrogens is 340 g/mol. The van der Waals surface area contributed by atoms with Gasteiger partial charge in [-0.25, -0.2) is 0 Å². The van der Waals surface area contributed by atoms with Gasteiger partial charge in [0.25, 0.3) is 0 Å². The summed E-state index contributed by atoms with van der Waals surface area (Å²) >= 11 is 7.70. The molecule has 2 amide bonds. The molecule has 2 heterocycles. The van der Waals surface area contributed by atoms with Gasteiger partial charge >= 0.3 is 0 Å². The van der Waals surface area contributed by atoms with Crippen LogP contribution in [0.4, 0.5) is 0 Å². The van der Waals surface area contributed by atoms with Crippen LogP contribution in [-0.4, -0.2) is 54.6 Å². The molecule has 0 atom stereocenters. The number of rotatable bonds is 5. The zero-order valence-electron chi connectivity index (χ0n) is 12.5. The highest BCUT2D eigenvalue weighted by Gasteiger charge is 2.22. The number of hydrogen-bond acceptors (Lipinski definition) is 5. The molecular formula is C15H17ClN2O4S. The number of hydrogen-bond donors (Lipinski definition) is 1. The lowest BCUT2D eigenvalue weighted by Crippen LogP contribution is -2.38. The first-order chi connectivity index (χ1) is 11.1. The molecule has 0 aromatic heterocycles. The Labute approximate surface area is 143 Å². The summed E-state index contributed by atoms with van der Waals surface area (Å²) in [5, 5.41) is 3.34. The summed E-state index contributed by atoms with van der Waals surface area (Å²) in [5.74, 6) is 2.14. The minimum atomic E-state index is -0.149. The molecule has 1 N–H and O–H groups in total. The first-order valence-corrected chi connectivity index (χ1v) is 8.87. The third-order valence-electron chi connectivity index (χ3n) is 3.55. The fourth-order valence-corrected chi connectivity index (χ4v) is 3.62. The SMILES string of the molecule is O=C(CN1CSCC1=O)NCCc1cc(Cl)c2c(c1)OCCO2. The van der Waals surface area contributed by atoms with Crippen LogP contribution in [0.25, 0.3) is 0 Å². The molecule has 0 radical (unpaired) electrons. The maximum absolute atomic E-state index is 11.8. The Morgan fingerprint density at radius 3 is 2.96 bits per heavy atom. The zero-order chi connectivity index (χ0) is 16.2. The molecule has 1 saturated heterocycles. The van der Waals surface area contributed by atoms with E-state index in [9.17, 15) is 9.59 Å². The zero-order valence-corrected chi connectivity index (χ0v) is 14.0. The number of ether oxygens (including phenoxy) is 2. The Hall–Kier alpha value is -1.60. The van der Waals surface area contributed by atoms with Gasteiger partial charge in [-0.15, -0.1) is 11.8 Å². The fourth-order valence-electron chi connectivity index (χ4n) is 2.42. The predicted octanol–water partition coefficient (Wildman–Crippen LogP) is 1.30. The van der Waals surface area contributed by atoms with Crippen molar-refractivity contribution in [1.82, 2.24) is 10.2 Å². The summed E-state index contributed by atoms with van der Waals surface area (Å²) in [6, 6.07) is 3.70. The molecule has 23 heavy (non-hydrogen) atoms. The smallest absolute Gasteiger partial charge is 0.239 e. The van der Waals surface area contributed by atoms with Crippen molar-refractivity contribution in [2.24, 2.45) is 0 Å². The standard InChI is InChI=1S/C15H17ClN2O4S/c16-11-5-10(6-12-15(11)22-4-3-21-12)1-2-17-13(19)7-18-9-23-8-14(18)20/h5-6H,1-4,7-9H2,(H,17,19). The van der Waals surface area contributed by atoms with Crippen molar-refractivity contribution in [3.05, 3.63) is 22.7 Å². The van der Waals surface area contributed by atoms with E-state index in [0.29, 0.717) is 54.3 Å². The van der Waals surface area contributed by atoms with E-state index in [-0.39, 0.29) is 18.4 Å². The molecule has 2 aliphatic rings. The van der Waals surface area contributed by atoms with Crippen LogP contribution < -0.4 is 14.8 Å². The van der Waals surface area contributed by atoms with Crippen LogP contribution in [0.3, 0.4) is 0 Å². The Balaban J connectivity index is 1.49. The molecule has 2 aliphatic heterocycles. The lowest BCUT2D eigenvalue weighted by Gasteiger charge is -2.20. The molecule has 6 nitrogen and oxygen atoms in total. The van der Waals surface area contributed by atoms with Crippen LogP contribution in [0.1, 0.15) is 5.56 Å². The van der Waals surface area contributed by atoms with Crippen LogP contribution in [0, 0.1) is 0 Å². The number of carbonyl (C=O) groups excluding carboxylic acids is 2. The second kappa shape index (κ2) is 7.31. The van der Waals surface area contributed by atoms with E-state index in [1.54, 1.807) is 4.90 Å². The van der Waals surface area contributed by atoms with Crippen LogP contribution in [0.2, 0.25) is 5.02 Å². The van der Waals surface area contributed by atoms with Crippen molar-refractivity contribution < 1.29 is 19.1 Å². The van der Waals surface area contributed by atoms with Gasteiger partial charge in [0.05, 0.1) is 16.7 Å². The molecule has 0 aliphatic carbocycles. The predicted molar refractivity (Wildman–Crippen MR) is 88.2 cm³/mol. The summed E-state index contributed by atoms with van der Waals surface area (Å²) in [6.45, 7) is 1.60. The van der Waals surface area contributed by atoms with Gasteiger partial charge in [-0.1, -0.05) is 11.6 Å². The van der Waals surface area contributed by atoms with Gasteiger partial charge in [0, 0.05) is 6.54 Å². The van der Waals surface area contributed by atoms with Gasteiger partial charge in [-0.3, -0.25) is 9.59 Å². The molecule has 124 valence electrons. The lowest BCUT2D eigenvalue weighted by molar-refractivity contribution is -0.132. The van der Waals surface area contributed by atoms with Crippen molar-refractivity contribution in [3.63, 3.8) is 0 Å². The highest BCUT2D eigenvalue weighted by atomic mass is 35.5. The average molecular weight is 357 g/mol. The second-order valence-corrected chi connectivity index (χ2v) is 6.63. The topological polar surface area (TPSA) is 67.9 Å². The lowest BCUT2D eigenvalue weighted by atomic mass is 10.1. The number of benzene rings is 1. The fraction of sp³-hybridized carbons (Fsp3) is 0.467. The Bertz CT molecular complexity index is 626. The normalized spacial score (nSPS) is 16.6. The van der Waals surface area contributed by atoms with Gasteiger partial charge in [0.1, 0.15) is 19.8 Å². The summed E-state index contributed by atoms with van der Waals surface area (Å²) < 4.78 is 11.0. The molecule has 3 rings (SSSR count). The molecule has 0 unspecified atom stereocenters. The van der Waals surface area contributed by atoms with E-state index in [1.165, 1.54) is 11.8 Å². The van der Waals surface area contributed by atoms with Crippen molar-refractivity contribution in [2.75, 3.05) is 37.9 Å². The van der Waals surface area contributed by atoms with E-state index in [0.717, 1.165) is 5.56 Å². The molecule has 0 bridgehead atoms. The monoisotopic (exact) mass is 356 g/mol. The van der Waals surface area contributed by atoms with E-state index >= 15 is 0 Å². The van der Waals surface area contributed by atoms with Gasteiger partial charge in [0.2, 0.25) is 11.8 Å². The number of carbonyl (C=O) groups is 2. The third kappa shape index (κ3) is 4.03. The third-order valence-corrected chi connectivity index (χ3v) is 4.78. The van der Waals surface area contributed by atoms with Gasteiger partial charge in [-0.2, -0.15) is 0 Å². The Morgan fingerprint density at radius 2 is 2.17 bits per heavy atom. The highest BCUT2D eigenvalue weighted by molar-refractivity contribution is 8.00. The van der Waals surface area contributed by atoms with Crippen molar-refractivity contribution in [2.45, 2.75) is 6.42 Å². The van der Waals surface area contributed by atoms with Crippen molar-refractivity contribution in [1.29, 1.82) is 0 Å². The molecule has 1 aromatic carbocycles. The molecule has 8 heteroatoms. The minimum absolute atomic E-state index is 0.0174. The molecule has 0 spiro atoms. The van der Waals surface area contributed by atoms with Crippen LogP contribution >= 0.6 is 23.4 Å². The second-order valence-electron chi connectivity index (χ2n) is 5.27. The average Bonchev–Trinajstić information content (AvgIpc) is 2.92. The van der Waals surface area contributed by atoms with Gasteiger partial charge in [-0.05, 0) is 24.1 Å². The van der Waals surface area contributed by atoms with Crippen LogP contribution in [0.5, 0.6) is 11.5 Å². The maximum Gasteiger partial charge on any atom is 0.239 e. The number of fused-ring (bicyclic) bond motifs is 1. The van der Waals surface area contributed by atoms with E-state index in [2.05, 4.69) is 5.32 Å². The van der Waals surface area contributed by atoms with E-state index in [1.807, 2.05) is 12.1 Å². The van der Waals surface area contributed by atoms with Crippen molar-refractivity contribution >= 4 is 35.2 Å². The molecule has 1 aromatic rings. The number of amides is 2. The summed E-state index contributed by atoms with van der Waals surface area (Å²) in [7, 11) is 0. The van der Waals surface area contributed by atoms with Crippen molar-refractivity contribution in [3.8, 4) is 11.5 Å². The number of nitrogens with zero attached hydrogens (tertiary/aromatic N) is 1. The first-order valence-electron chi connectivity index (χ1n) is 7.34. The number of nitrogens with one attached hydrogen (secondary N) is 1. The number of halogens is 1. The van der Waals surface area contributed by atoms with Gasteiger partial charge < -0.3 is 19.7 Å². The van der Waals surface area contributed by atoms with E-state index in [4.69, 9.17) is 21.1 Å². The molecule has 1 fully saturated rings. The van der Waals surface area contributed by atoms with Gasteiger partial charge in [0.15, 0.2) is 11.5 Å². The largest absolute Gasteiger partial charge is 0.486 e. The van der Waals surface area contributed by atoms with Crippen LogP contribution in [-0.2, 0) is 16.0 Å². The maximum atomic E-state index is 11.8. The summed E-state index contributed by atoms with van der Waals surface area (Å²) in [6.07, 6.45) is 0.630. The summed E-state index contributed by atoms with van der Waals surface area (Å²) in [5.41, 5.74) is 0.965. The Kier molecular flexibility index (Phi) is 5.17. The highest BCUT2D eigenvalue weighted by Crippen LogP contribution is 2.38. The Morgan fingerprint density at radius 1 is 1.35 bits per heavy atom. The molecule has 0 saturated carbocycles. The first kappa shape index (κ1) is 16.3. The number of thioether (sulfide) groups is 1. The quantitative estimate of drug-likeness (QED) is 0.861. The van der Waals surface area contributed by atoms with Crippen LogP contribution in [0.15, 0.2) is 12.1 Å². The minimum Gasteiger partial charge on any atom is -0.486 e.